The molecule has 146 valence electrons. The highest BCUT2D eigenvalue weighted by Crippen LogP contribution is 2.28. The fourth-order valence-electron chi connectivity index (χ4n) is 3.18. The third kappa shape index (κ3) is 3.50. The first kappa shape index (κ1) is 18.2. The van der Waals surface area contributed by atoms with E-state index >= 15 is 0 Å². The predicted molar refractivity (Wildman–Crippen MR) is 97.2 cm³/mol. The first-order valence-corrected chi connectivity index (χ1v) is 9.18. The van der Waals surface area contributed by atoms with Gasteiger partial charge in [-0.05, 0) is 13.0 Å². The third-order valence-electron chi connectivity index (χ3n) is 4.68. The Morgan fingerprint density at radius 3 is 3.07 bits per heavy atom. The molecule has 0 saturated carbocycles. The van der Waals surface area contributed by atoms with Gasteiger partial charge in [0.05, 0.1) is 13.2 Å². The van der Waals surface area contributed by atoms with Gasteiger partial charge in [-0.15, -0.1) is 0 Å². The van der Waals surface area contributed by atoms with Crippen molar-refractivity contribution in [2.75, 3.05) is 20.2 Å². The van der Waals surface area contributed by atoms with Crippen LogP contribution in [0.2, 0.25) is 0 Å². The Hall–Kier alpha value is -3.14. The van der Waals surface area contributed by atoms with Crippen LogP contribution >= 0.6 is 0 Å². The molecular weight excluding hydrogens is 362 g/mol. The fraction of sp³-hybridized carbons (Fsp3) is 0.444. The molecule has 4 heterocycles. The molecule has 10 nitrogen and oxygen atoms in total. The summed E-state index contributed by atoms with van der Waals surface area (Å²) in [6.45, 7) is 4.46. The summed E-state index contributed by atoms with van der Waals surface area (Å²) in [5.74, 6) is 0.724. The molecule has 28 heavy (non-hydrogen) atoms. The van der Waals surface area contributed by atoms with Crippen molar-refractivity contribution in [3.63, 3.8) is 0 Å². The predicted octanol–water partition coefficient (Wildman–Crippen LogP) is 1.13. The first-order valence-electron chi connectivity index (χ1n) is 9.18. The van der Waals surface area contributed by atoms with Crippen LogP contribution in [0.5, 0.6) is 0 Å². The quantitative estimate of drug-likeness (QED) is 0.623. The Morgan fingerprint density at radius 2 is 2.29 bits per heavy atom. The van der Waals surface area contributed by atoms with Gasteiger partial charge < -0.3 is 14.2 Å². The highest BCUT2D eigenvalue weighted by Gasteiger charge is 2.25. The molecular formula is C18H21N7O3. The molecule has 0 bridgehead atoms. The molecule has 0 aromatic carbocycles. The number of fused-ring (bicyclic) bond motifs is 1. The summed E-state index contributed by atoms with van der Waals surface area (Å²) in [5.41, 5.74) is 3.21. The zero-order valence-electron chi connectivity index (χ0n) is 15.8. The Balaban J connectivity index is 1.45. The molecule has 4 rings (SSSR count). The van der Waals surface area contributed by atoms with Crippen LogP contribution in [0.1, 0.15) is 34.5 Å². The average Bonchev–Trinajstić information content (AvgIpc) is 3.36. The van der Waals surface area contributed by atoms with E-state index in [4.69, 9.17) is 9.26 Å². The number of rotatable bonds is 6. The summed E-state index contributed by atoms with van der Waals surface area (Å²) in [4.78, 5) is 26.2. The number of likely N-dealkylation sites (N-methyl/N-ethyl adjacent to an activating group) is 1. The van der Waals surface area contributed by atoms with Gasteiger partial charge in [-0.2, -0.15) is 10.1 Å². The molecule has 0 N–H and O–H groups in total. The van der Waals surface area contributed by atoms with E-state index in [1.165, 1.54) is 12.0 Å². The van der Waals surface area contributed by atoms with Gasteiger partial charge in [0.1, 0.15) is 12.0 Å². The second-order valence-corrected chi connectivity index (χ2v) is 6.48. The molecule has 0 saturated heterocycles. The van der Waals surface area contributed by atoms with Gasteiger partial charge in [-0.1, -0.05) is 5.16 Å². The molecule has 1 aliphatic rings. The molecule has 1 amide bonds. The summed E-state index contributed by atoms with van der Waals surface area (Å²) in [5, 5.41) is 8.66. The summed E-state index contributed by atoms with van der Waals surface area (Å²) in [7, 11) is 1.71. The topological polar surface area (TPSA) is 112 Å². The lowest BCUT2D eigenvalue weighted by Gasteiger charge is -2.15. The summed E-state index contributed by atoms with van der Waals surface area (Å²) in [6, 6.07) is 1.58. The Kier molecular flexibility index (Phi) is 5.11. The zero-order valence-corrected chi connectivity index (χ0v) is 15.8. The van der Waals surface area contributed by atoms with E-state index < -0.39 is 0 Å². The van der Waals surface area contributed by atoms with E-state index in [0.717, 1.165) is 18.5 Å². The monoisotopic (exact) mass is 383 g/mol. The largest absolute Gasteiger partial charge is 0.376 e. The molecule has 0 aliphatic carbocycles. The van der Waals surface area contributed by atoms with Crippen LogP contribution in [0.15, 0.2) is 23.1 Å². The lowest BCUT2D eigenvalue weighted by atomic mass is 10.1. The highest BCUT2D eigenvalue weighted by molar-refractivity contribution is 5.91. The molecule has 3 aromatic heterocycles. The van der Waals surface area contributed by atoms with Crippen molar-refractivity contribution in [3.8, 4) is 11.6 Å². The van der Waals surface area contributed by atoms with Crippen LogP contribution in [0, 0.1) is 0 Å². The van der Waals surface area contributed by atoms with E-state index in [2.05, 4.69) is 32.1 Å². The first-order chi connectivity index (χ1) is 13.7. The smallest absolute Gasteiger partial charge is 0.278 e. The number of aromatic nitrogens is 6. The fourth-order valence-corrected chi connectivity index (χ4v) is 3.18. The SMILES string of the molecule is CCn1nc(-c2nc(CCN(C)C(=O)c3ccncn3)no2)c2c1CCOC2. The second-order valence-electron chi connectivity index (χ2n) is 6.48. The van der Waals surface area contributed by atoms with Gasteiger partial charge in [0, 0.05) is 50.4 Å². The van der Waals surface area contributed by atoms with Crippen LogP contribution in [0.4, 0.5) is 0 Å². The Labute approximate surface area is 161 Å². The number of aryl methyl sites for hydroxylation is 1. The van der Waals surface area contributed by atoms with Gasteiger partial charge in [-0.25, -0.2) is 9.97 Å². The summed E-state index contributed by atoms with van der Waals surface area (Å²) in [6.07, 6.45) is 4.18. The van der Waals surface area contributed by atoms with Crippen molar-refractivity contribution in [1.82, 2.24) is 34.8 Å². The molecule has 0 fully saturated rings. The molecule has 0 unspecified atom stereocenters. The number of hydrogen-bond acceptors (Lipinski definition) is 8. The molecule has 10 heteroatoms. The van der Waals surface area contributed by atoms with Crippen LogP contribution < -0.4 is 0 Å². The van der Waals surface area contributed by atoms with Crippen LogP contribution in [0.25, 0.3) is 11.6 Å². The minimum absolute atomic E-state index is 0.181. The van der Waals surface area contributed by atoms with Crippen LogP contribution in [-0.2, 0) is 30.7 Å². The van der Waals surface area contributed by atoms with E-state index in [0.29, 0.717) is 49.3 Å². The lowest BCUT2D eigenvalue weighted by molar-refractivity contribution is 0.0790. The molecule has 0 radical (unpaired) electrons. The van der Waals surface area contributed by atoms with E-state index in [9.17, 15) is 4.79 Å². The van der Waals surface area contributed by atoms with Crippen molar-refractivity contribution in [2.45, 2.75) is 32.9 Å². The normalized spacial score (nSPS) is 13.4. The van der Waals surface area contributed by atoms with Crippen LogP contribution in [0.3, 0.4) is 0 Å². The van der Waals surface area contributed by atoms with Crippen molar-refractivity contribution in [3.05, 3.63) is 41.4 Å². The van der Waals surface area contributed by atoms with E-state index in [1.807, 2.05) is 4.68 Å². The summed E-state index contributed by atoms with van der Waals surface area (Å²) >= 11 is 0. The van der Waals surface area contributed by atoms with Gasteiger partial charge in [-0.3, -0.25) is 9.48 Å². The van der Waals surface area contributed by atoms with E-state index in [1.54, 1.807) is 24.2 Å². The number of hydrogen-bond donors (Lipinski definition) is 0. The van der Waals surface area contributed by atoms with Crippen molar-refractivity contribution >= 4 is 5.91 Å². The van der Waals surface area contributed by atoms with Gasteiger partial charge in [0.2, 0.25) is 0 Å². The average molecular weight is 383 g/mol. The lowest BCUT2D eigenvalue weighted by Crippen LogP contribution is -2.29. The Morgan fingerprint density at radius 1 is 1.39 bits per heavy atom. The molecule has 0 atom stereocenters. The number of nitrogens with zero attached hydrogens (tertiary/aromatic N) is 7. The molecule has 0 spiro atoms. The maximum atomic E-state index is 12.3. The molecule has 1 aliphatic heterocycles. The molecule has 3 aromatic rings. The number of carbonyl (C=O) groups is 1. The number of amides is 1. The number of ether oxygens (including phenoxy) is 1. The minimum atomic E-state index is -0.181. The van der Waals surface area contributed by atoms with E-state index in [-0.39, 0.29) is 5.91 Å². The third-order valence-corrected chi connectivity index (χ3v) is 4.68. The maximum absolute atomic E-state index is 12.3. The van der Waals surface area contributed by atoms with Crippen molar-refractivity contribution in [1.29, 1.82) is 0 Å². The van der Waals surface area contributed by atoms with Gasteiger partial charge >= 0.3 is 0 Å². The Bertz CT molecular complexity index is 967. The second kappa shape index (κ2) is 7.85. The van der Waals surface area contributed by atoms with Crippen molar-refractivity contribution in [2.24, 2.45) is 0 Å². The zero-order chi connectivity index (χ0) is 19.5. The summed E-state index contributed by atoms with van der Waals surface area (Å²) < 4.78 is 13.0. The maximum Gasteiger partial charge on any atom is 0.278 e. The minimum Gasteiger partial charge on any atom is -0.376 e. The van der Waals surface area contributed by atoms with Crippen molar-refractivity contribution < 1.29 is 14.1 Å². The number of carbonyl (C=O) groups excluding carboxylic acids is 1. The van der Waals surface area contributed by atoms with Crippen LogP contribution in [-0.4, -0.2) is 60.9 Å². The highest BCUT2D eigenvalue weighted by atomic mass is 16.5. The van der Waals surface area contributed by atoms with Gasteiger partial charge in [0.15, 0.2) is 11.5 Å². The standard InChI is InChI=1S/C18H21N7O3/c1-3-25-14-6-9-27-10-12(14)16(22-25)17-21-15(23-28-17)5-8-24(2)18(26)13-4-7-19-11-20-13/h4,7,11H,3,5-6,8-10H2,1-2H3. The van der Waals surface area contributed by atoms with Gasteiger partial charge in [0.25, 0.3) is 11.8 Å².